The molecule has 0 bridgehead atoms. The summed E-state index contributed by atoms with van der Waals surface area (Å²) in [6, 6.07) is -0.0231. The Balaban J connectivity index is 0.00000220. The van der Waals surface area contributed by atoms with E-state index in [1.54, 1.807) is 10.9 Å². The van der Waals surface area contributed by atoms with Crippen molar-refractivity contribution in [2.75, 3.05) is 7.05 Å². The van der Waals surface area contributed by atoms with E-state index in [0.717, 1.165) is 18.4 Å². The number of hydrogen-bond donors (Lipinski definition) is 2. The highest BCUT2D eigenvalue weighted by atomic mass is 35.5. The van der Waals surface area contributed by atoms with Crippen LogP contribution in [0.2, 0.25) is 0 Å². The molecule has 1 aromatic rings. The molecule has 21 heavy (non-hydrogen) atoms. The van der Waals surface area contributed by atoms with Crippen LogP contribution in [0.3, 0.4) is 0 Å². The molecule has 1 saturated carbocycles. The van der Waals surface area contributed by atoms with Crippen molar-refractivity contribution < 1.29 is 4.79 Å². The molecule has 0 spiro atoms. The van der Waals surface area contributed by atoms with Gasteiger partial charge in [0, 0.05) is 24.8 Å². The highest BCUT2D eigenvalue weighted by Crippen LogP contribution is 2.28. The highest BCUT2D eigenvalue weighted by Gasteiger charge is 2.28. The van der Waals surface area contributed by atoms with E-state index in [1.165, 1.54) is 6.42 Å². The molecule has 5 nitrogen and oxygen atoms in total. The molecular weight excluding hydrogens is 288 g/mol. The smallest absolute Gasteiger partial charge is 0.242 e. The maximum atomic E-state index is 12.5. The van der Waals surface area contributed by atoms with E-state index in [-0.39, 0.29) is 24.4 Å². The van der Waals surface area contributed by atoms with Crippen LogP contribution in [0.25, 0.3) is 0 Å². The Morgan fingerprint density at radius 1 is 1.33 bits per heavy atom. The second-order valence-electron chi connectivity index (χ2n) is 6.29. The highest BCUT2D eigenvalue weighted by molar-refractivity contribution is 5.85. The second-order valence-corrected chi connectivity index (χ2v) is 6.29. The Morgan fingerprint density at radius 2 is 1.95 bits per heavy atom. The van der Waals surface area contributed by atoms with E-state index < -0.39 is 0 Å². The summed E-state index contributed by atoms with van der Waals surface area (Å²) in [4.78, 5) is 12.5. The first kappa shape index (κ1) is 18.0. The lowest BCUT2D eigenvalue weighted by Gasteiger charge is -2.32. The fourth-order valence-electron chi connectivity index (χ4n) is 3.39. The van der Waals surface area contributed by atoms with Gasteiger partial charge in [-0.25, -0.2) is 0 Å². The van der Waals surface area contributed by atoms with Crippen molar-refractivity contribution >= 4 is 18.3 Å². The third-order valence-electron chi connectivity index (χ3n) is 4.13. The SMILES string of the molecule is CNC(C(=O)NC1CC(C)CC(C)C1)c1cnn(C)c1.Cl. The molecule has 2 rings (SSSR count). The molecule has 120 valence electrons. The maximum Gasteiger partial charge on any atom is 0.242 e. The lowest BCUT2D eigenvalue weighted by atomic mass is 9.80. The molecule has 0 radical (unpaired) electrons. The summed E-state index contributed by atoms with van der Waals surface area (Å²) in [5, 5.41) is 10.4. The number of halogens is 1. The first-order valence-electron chi connectivity index (χ1n) is 7.45. The molecule has 3 unspecified atom stereocenters. The number of aromatic nitrogens is 2. The number of rotatable bonds is 4. The largest absolute Gasteiger partial charge is 0.352 e. The topological polar surface area (TPSA) is 59.0 Å². The number of amides is 1. The summed E-state index contributed by atoms with van der Waals surface area (Å²) in [6.07, 6.45) is 7.06. The van der Waals surface area contributed by atoms with Crippen LogP contribution >= 0.6 is 12.4 Å². The maximum absolute atomic E-state index is 12.5. The number of carbonyl (C=O) groups is 1. The molecule has 0 aliphatic heterocycles. The van der Waals surface area contributed by atoms with Crippen LogP contribution in [-0.2, 0) is 11.8 Å². The van der Waals surface area contributed by atoms with Crippen molar-refractivity contribution in [3.63, 3.8) is 0 Å². The van der Waals surface area contributed by atoms with Crippen LogP contribution in [0.5, 0.6) is 0 Å². The van der Waals surface area contributed by atoms with Gasteiger partial charge in [0.15, 0.2) is 0 Å². The van der Waals surface area contributed by atoms with Gasteiger partial charge in [-0.15, -0.1) is 12.4 Å². The standard InChI is InChI=1S/C15H26N4O.ClH/c1-10-5-11(2)7-13(6-10)18-15(20)14(16-3)12-8-17-19(4)9-12;/h8-11,13-14,16H,5-7H2,1-4H3,(H,18,20);1H. The Hall–Kier alpha value is -1.07. The number of hydrogen-bond acceptors (Lipinski definition) is 3. The molecule has 1 heterocycles. The fraction of sp³-hybridized carbons (Fsp3) is 0.733. The molecule has 6 heteroatoms. The molecule has 1 amide bonds. The van der Waals surface area contributed by atoms with Gasteiger partial charge in [-0.2, -0.15) is 5.10 Å². The molecule has 1 aromatic heterocycles. The van der Waals surface area contributed by atoms with Crippen LogP contribution in [0, 0.1) is 11.8 Å². The summed E-state index contributed by atoms with van der Waals surface area (Å²) in [6.45, 7) is 4.54. The first-order valence-corrected chi connectivity index (χ1v) is 7.45. The van der Waals surface area contributed by atoms with Gasteiger partial charge in [-0.05, 0) is 38.1 Å². The van der Waals surface area contributed by atoms with Crippen molar-refractivity contribution in [3.8, 4) is 0 Å². The minimum absolute atomic E-state index is 0. The summed E-state index contributed by atoms with van der Waals surface area (Å²) < 4.78 is 1.72. The molecule has 2 N–H and O–H groups in total. The van der Waals surface area contributed by atoms with Crippen LogP contribution < -0.4 is 10.6 Å². The molecule has 3 atom stereocenters. The van der Waals surface area contributed by atoms with Gasteiger partial charge in [0.25, 0.3) is 0 Å². The number of nitrogens with zero attached hydrogens (tertiary/aromatic N) is 2. The van der Waals surface area contributed by atoms with E-state index in [1.807, 2.05) is 20.3 Å². The molecule has 1 aliphatic carbocycles. The fourth-order valence-corrected chi connectivity index (χ4v) is 3.39. The number of likely N-dealkylation sites (N-methyl/N-ethyl adjacent to an activating group) is 1. The van der Waals surface area contributed by atoms with Crippen molar-refractivity contribution in [2.24, 2.45) is 18.9 Å². The van der Waals surface area contributed by atoms with Crippen molar-refractivity contribution in [1.82, 2.24) is 20.4 Å². The van der Waals surface area contributed by atoms with Gasteiger partial charge in [-0.1, -0.05) is 13.8 Å². The lowest BCUT2D eigenvalue weighted by molar-refractivity contribution is -0.124. The van der Waals surface area contributed by atoms with Crippen LogP contribution in [0.1, 0.15) is 44.7 Å². The molecule has 1 aliphatic rings. The lowest BCUT2D eigenvalue weighted by Crippen LogP contribution is -2.44. The molecule has 1 fully saturated rings. The summed E-state index contributed by atoms with van der Waals surface area (Å²) in [7, 11) is 3.67. The predicted molar refractivity (Wildman–Crippen MR) is 86.4 cm³/mol. The van der Waals surface area contributed by atoms with Gasteiger partial charge < -0.3 is 10.6 Å². The summed E-state index contributed by atoms with van der Waals surface area (Å²) in [5.41, 5.74) is 0.907. The second kappa shape index (κ2) is 7.80. The normalized spacial score (nSPS) is 26.8. The summed E-state index contributed by atoms with van der Waals surface area (Å²) >= 11 is 0. The van der Waals surface area contributed by atoms with E-state index in [0.29, 0.717) is 17.9 Å². The van der Waals surface area contributed by atoms with Crippen LogP contribution in [0.15, 0.2) is 12.4 Å². The average Bonchev–Trinajstić information content (AvgIpc) is 2.75. The van der Waals surface area contributed by atoms with Gasteiger partial charge in [0.05, 0.1) is 6.20 Å². The van der Waals surface area contributed by atoms with E-state index in [4.69, 9.17) is 0 Å². The zero-order chi connectivity index (χ0) is 14.7. The molecule has 0 saturated heterocycles. The minimum Gasteiger partial charge on any atom is -0.352 e. The van der Waals surface area contributed by atoms with E-state index >= 15 is 0 Å². The monoisotopic (exact) mass is 314 g/mol. The predicted octanol–water partition coefficient (Wildman–Crippen LogP) is 2.04. The van der Waals surface area contributed by atoms with E-state index in [9.17, 15) is 4.79 Å². The van der Waals surface area contributed by atoms with Gasteiger partial charge in [0.1, 0.15) is 6.04 Å². The Kier molecular flexibility index (Phi) is 6.68. The quantitative estimate of drug-likeness (QED) is 0.894. The minimum atomic E-state index is -0.323. The van der Waals surface area contributed by atoms with Crippen molar-refractivity contribution in [3.05, 3.63) is 18.0 Å². The zero-order valence-electron chi connectivity index (χ0n) is 13.3. The van der Waals surface area contributed by atoms with Gasteiger partial charge in [0.2, 0.25) is 5.91 Å². The Morgan fingerprint density at radius 3 is 2.43 bits per heavy atom. The average molecular weight is 315 g/mol. The number of nitrogens with one attached hydrogen (secondary N) is 2. The van der Waals surface area contributed by atoms with Crippen molar-refractivity contribution in [1.29, 1.82) is 0 Å². The molecular formula is C15H27ClN4O. The third kappa shape index (κ3) is 4.71. The Bertz CT molecular complexity index is 452. The zero-order valence-corrected chi connectivity index (χ0v) is 14.1. The number of aryl methyl sites for hydroxylation is 1. The van der Waals surface area contributed by atoms with Gasteiger partial charge >= 0.3 is 0 Å². The third-order valence-corrected chi connectivity index (χ3v) is 4.13. The Labute approximate surface area is 133 Å². The van der Waals surface area contributed by atoms with Gasteiger partial charge in [-0.3, -0.25) is 9.48 Å². The summed E-state index contributed by atoms with van der Waals surface area (Å²) in [5.74, 6) is 1.43. The first-order chi connectivity index (χ1) is 9.49. The number of carbonyl (C=O) groups excluding carboxylic acids is 1. The molecule has 0 aromatic carbocycles. The van der Waals surface area contributed by atoms with E-state index in [2.05, 4.69) is 29.6 Å². The van der Waals surface area contributed by atoms with Crippen LogP contribution in [-0.4, -0.2) is 28.8 Å². The van der Waals surface area contributed by atoms with Crippen LogP contribution in [0.4, 0.5) is 0 Å². The van der Waals surface area contributed by atoms with Crippen molar-refractivity contribution in [2.45, 2.75) is 45.2 Å².